The zero-order chi connectivity index (χ0) is 26.9. The predicted molar refractivity (Wildman–Crippen MR) is 151 cm³/mol. The molecule has 0 spiro atoms. The summed E-state index contributed by atoms with van der Waals surface area (Å²) < 4.78 is 5.48. The first-order valence-corrected chi connectivity index (χ1v) is 15.3. The number of halogens is 1. The number of carbonyl (C=O) groups excluding carboxylic acids is 2. The number of piperidine rings is 1. The fourth-order valence-corrected chi connectivity index (χ4v) is 7.99. The predicted octanol–water partition coefficient (Wildman–Crippen LogP) is 6.23. The molecule has 3 unspecified atom stereocenters. The third-order valence-electron chi connectivity index (χ3n) is 10.4. The highest BCUT2D eigenvalue weighted by Crippen LogP contribution is 2.48. The zero-order valence-electron chi connectivity index (χ0n) is 23.5. The number of nitrogens with one attached hydrogen (secondary N) is 1. The number of nitrogens with zero attached hydrogens (tertiary/aromatic N) is 2. The lowest BCUT2D eigenvalue weighted by Crippen LogP contribution is -2.56. The monoisotopic (exact) mass is 543 g/mol. The standard InChI is InChI=1S/C31H46ClN3O3/c1-30(2)21-38-29(37)35(30)20-31(23-7-5-4-6-8-23)15-17-34(18-16-31)28(36)27-19-25(33-3)13-14-26(27)22-9-11-24(32)12-10-22/h9-12,23,25-27,33H,4-8,13-21H2,1-3H3. The van der Waals surface area contributed by atoms with Crippen molar-refractivity contribution in [2.75, 3.05) is 33.3 Å². The Kier molecular flexibility index (Phi) is 8.31. The van der Waals surface area contributed by atoms with Crippen LogP contribution in [0.4, 0.5) is 4.79 Å². The zero-order valence-corrected chi connectivity index (χ0v) is 24.3. The molecule has 2 saturated carbocycles. The maximum Gasteiger partial charge on any atom is 0.410 e. The molecule has 1 N–H and O–H groups in total. The van der Waals surface area contributed by atoms with Gasteiger partial charge in [0.05, 0.1) is 5.54 Å². The van der Waals surface area contributed by atoms with E-state index in [4.69, 9.17) is 16.3 Å². The molecular weight excluding hydrogens is 498 g/mol. The molecule has 5 rings (SSSR count). The van der Waals surface area contributed by atoms with Crippen LogP contribution >= 0.6 is 11.6 Å². The van der Waals surface area contributed by atoms with E-state index in [-0.39, 0.29) is 28.9 Å². The van der Waals surface area contributed by atoms with Crippen LogP contribution in [-0.4, -0.2) is 66.7 Å². The molecule has 38 heavy (non-hydrogen) atoms. The Morgan fingerprint density at radius 3 is 2.34 bits per heavy atom. The second kappa shape index (κ2) is 11.4. The third-order valence-corrected chi connectivity index (χ3v) is 10.6. The van der Waals surface area contributed by atoms with Gasteiger partial charge in [0.25, 0.3) is 0 Å². The molecule has 2 heterocycles. The highest BCUT2D eigenvalue weighted by atomic mass is 35.5. The van der Waals surface area contributed by atoms with Crippen LogP contribution in [0.15, 0.2) is 24.3 Å². The molecule has 4 fully saturated rings. The molecule has 0 bridgehead atoms. The number of rotatable bonds is 6. The van der Waals surface area contributed by atoms with Gasteiger partial charge in [-0.05, 0) is 101 Å². The van der Waals surface area contributed by atoms with Crippen LogP contribution in [0.3, 0.4) is 0 Å². The molecule has 1 aromatic rings. The number of hydrogen-bond donors (Lipinski definition) is 1. The van der Waals surface area contributed by atoms with Gasteiger partial charge in [-0.25, -0.2) is 4.79 Å². The minimum Gasteiger partial charge on any atom is -0.447 e. The summed E-state index contributed by atoms with van der Waals surface area (Å²) in [6.07, 6.45) is 11.1. The van der Waals surface area contributed by atoms with Gasteiger partial charge in [0, 0.05) is 36.6 Å². The van der Waals surface area contributed by atoms with E-state index in [1.165, 1.54) is 37.7 Å². The van der Waals surface area contributed by atoms with Crippen LogP contribution in [0, 0.1) is 17.3 Å². The van der Waals surface area contributed by atoms with Crippen molar-refractivity contribution in [2.24, 2.45) is 17.3 Å². The Labute approximate surface area is 233 Å². The van der Waals surface area contributed by atoms with E-state index in [0.29, 0.717) is 24.5 Å². The molecule has 4 aliphatic rings. The molecule has 1 aromatic carbocycles. The molecule has 2 aliphatic carbocycles. The molecule has 3 atom stereocenters. The minimum atomic E-state index is -0.276. The van der Waals surface area contributed by atoms with Gasteiger partial charge < -0.3 is 15.0 Å². The average molecular weight is 544 g/mol. The lowest BCUT2D eigenvalue weighted by Gasteiger charge is -2.51. The lowest BCUT2D eigenvalue weighted by molar-refractivity contribution is -0.141. The molecule has 2 amide bonds. The molecule has 0 radical (unpaired) electrons. The van der Waals surface area contributed by atoms with Crippen LogP contribution in [0.1, 0.15) is 89.5 Å². The van der Waals surface area contributed by atoms with Crippen LogP contribution < -0.4 is 5.32 Å². The summed E-state index contributed by atoms with van der Waals surface area (Å²) in [4.78, 5) is 31.0. The van der Waals surface area contributed by atoms with E-state index in [2.05, 4.69) is 36.2 Å². The Morgan fingerprint density at radius 2 is 1.74 bits per heavy atom. The second-order valence-corrected chi connectivity index (χ2v) is 13.5. The van der Waals surface area contributed by atoms with Gasteiger partial charge >= 0.3 is 6.09 Å². The second-order valence-electron chi connectivity index (χ2n) is 13.0. The van der Waals surface area contributed by atoms with E-state index in [0.717, 1.165) is 56.8 Å². The van der Waals surface area contributed by atoms with Gasteiger partial charge in [0.2, 0.25) is 5.91 Å². The average Bonchev–Trinajstić information content (AvgIpc) is 3.20. The van der Waals surface area contributed by atoms with Crippen molar-refractivity contribution in [1.29, 1.82) is 0 Å². The molecule has 6 nitrogen and oxygen atoms in total. The fourth-order valence-electron chi connectivity index (χ4n) is 7.87. The SMILES string of the molecule is CNC1CCC(c2ccc(Cl)cc2)C(C(=O)N2CCC(CN3C(=O)OCC3(C)C)(C3CCCCC3)CC2)C1. The van der Waals surface area contributed by atoms with Crippen molar-refractivity contribution in [3.63, 3.8) is 0 Å². The minimum absolute atomic E-state index is 0.0166. The van der Waals surface area contributed by atoms with Crippen LogP contribution in [0.2, 0.25) is 5.02 Å². The summed E-state index contributed by atoms with van der Waals surface area (Å²) in [6, 6.07) is 8.49. The van der Waals surface area contributed by atoms with E-state index in [9.17, 15) is 9.59 Å². The first kappa shape index (κ1) is 27.8. The number of cyclic esters (lactones) is 1. The number of likely N-dealkylation sites (tertiary alicyclic amines) is 1. The molecule has 2 saturated heterocycles. The first-order chi connectivity index (χ1) is 18.2. The quantitative estimate of drug-likeness (QED) is 0.462. The summed E-state index contributed by atoms with van der Waals surface area (Å²) in [5.41, 5.74) is 1.01. The van der Waals surface area contributed by atoms with Gasteiger partial charge in [0.15, 0.2) is 0 Å². The van der Waals surface area contributed by atoms with Gasteiger partial charge in [-0.1, -0.05) is 43.0 Å². The largest absolute Gasteiger partial charge is 0.447 e. The Bertz CT molecular complexity index is 983. The van der Waals surface area contributed by atoms with Crippen molar-refractivity contribution < 1.29 is 14.3 Å². The molecule has 0 aromatic heterocycles. The number of ether oxygens (including phenoxy) is 1. The summed E-state index contributed by atoms with van der Waals surface area (Å²) in [5.74, 6) is 1.14. The topological polar surface area (TPSA) is 61.9 Å². The molecule has 7 heteroatoms. The van der Waals surface area contributed by atoms with E-state index < -0.39 is 0 Å². The number of hydrogen-bond acceptors (Lipinski definition) is 4. The summed E-state index contributed by atoms with van der Waals surface area (Å²) >= 11 is 6.18. The third kappa shape index (κ3) is 5.58. The summed E-state index contributed by atoms with van der Waals surface area (Å²) in [7, 11) is 2.01. The summed E-state index contributed by atoms with van der Waals surface area (Å²) in [6.45, 7) is 7.01. The van der Waals surface area contributed by atoms with Crippen molar-refractivity contribution in [3.05, 3.63) is 34.9 Å². The summed E-state index contributed by atoms with van der Waals surface area (Å²) in [5, 5.41) is 4.18. The van der Waals surface area contributed by atoms with E-state index >= 15 is 0 Å². The first-order valence-electron chi connectivity index (χ1n) is 14.9. The van der Waals surface area contributed by atoms with Gasteiger partial charge in [-0.15, -0.1) is 0 Å². The van der Waals surface area contributed by atoms with Crippen molar-refractivity contribution >= 4 is 23.6 Å². The smallest absolute Gasteiger partial charge is 0.410 e. The van der Waals surface area contributed by atoms with E-state index in [1.54, 1.807) is 0 Å². The van der Waals surface area contributed by atoms with Gasteiger partial charge in [-0.3, -0.25) is 9.69 Å². The van der Waals surface area contributed by atoms with Crippen molar-refractivity contribution in [1.82, 2.24) is 15.1 Å². The number of carbonyl (C=O) groups is 2. The molecule has 2 aliphatic heterocycles. The van der Waals surface area contributed by atoms with E-state index in [1.807, 2.05) is 24.1 Å². The van der Waals surface area contributed by atoms with Crippen LogP contribution in [-0.2, 0) is 9.53 Å². The number of benzene rings is 1. The highest BCUT2D eigenvalue weighted by molar-refractivity contribution is 6.30. The Balaban J connectivity index is 1.33. The fraction of sp³-hybridized carbons (Fsp3) is 0.742. The maximum atomic E-state index is 14.1. The van der Waals surface area contributed by atoms with Crippen molar-refractivity contribution in [3.8, 4) is 0 Å². The Morgan fingerprint density at radius 1 is 1.05 bits per heavy atom. The van der Waals surface area contributed by atoms with Crippen molar-refractivity contribution in [2.45, 2.75) is 95.6 Å². The lowest BCUT2D eigenvalue weighted by atomic mass is 9.63. The van der Waals surface area contributed by atoms with Crippen LogP contribution in [0.5, 0.6) is 0 Å². The number of amides is 2. The van der Waals surface area contributed by atoms with Crippen LogP contribution in [0.25, 0.3) is 0 Å². The van der Waals surface area contributed by atoms with Gasteiger partial charge in [0.1, 0.15) is 6.61 Å². The normalized spacial score (nSPS) is 29.8. The Hall–Kier alpha value is -1.79. The molecular formula is C31H46ClN3O3. The van der Waals surface area contributed by atoms with Gasteiger partial charge in [-0.2, -0.15) is 0 Å². The maximum absolute atomic E-state index is 14.1. The molecule has 210 valence electrons. The highest BCUT2D eigenvalue weighted by Gasteiger charge is 2.50.